The molecule has 0 bridgehead atoms. The summed E-state index contributed by atoms with van der Waals surface area (Å²) in [5.74, 6) is 0.429. The number of halogens is 2. The molecule has 2 aromatic rings. The number of hydrogen-bond donors (Lipinski definition) is 0. The average Bonchev–Trinajstić information content (AvgIpc) is 2.49. The van der Waals surface area contributed by atoms with Gasteiger partial charge in [0.15, 0.2) is 5.75 Å². The van der Waals surface area contributed by atoms with E-state index in [4.69, 9.17) is 21.6 Å². The van der Waals surface area contributed by atoms with Crippen molar-refractivity contribution < 1.29 is 9.66 Å². The number of nitro groups is 1. The topological polar surface area (TPSA) is 76.2 Å². The van der Waals surface area contributed by atoms with Gasteiger partial charge in [-0.1, -0.05) is 33.6 Å². The molecule has 0 saturated heterocycles. The van der Waals surface area contributed by atoms with Crippen molar-refractivity contribution in [2.24, 2.45) is 0 Å². The molecule has 0 aromatic heterocycles. The molecule has 0 saturated carbocycles. The maximum atomic E-state index is 10.8. The zero-order valence-electron chi connectivity index (χ0n) is 10.5. The maximum Gasteiger partial charge on any atom is 0.273 e. The molecular formula is C14H8BrClN2O3. The van der Waals surface area contributed by atoms with E-state index < -0.39 is 4.92 Å². The molecule has 2 aromatic carbocycles. The minimum absolute atomic E-state index is 0.133. The molecule has 5 nitrogen and oxygen atoms in total. The van der Waals surface area contributed by atoms with E-state index in [0.29, 0.717) is 16.6 Å². The lowest BCUT2D eigenvalue weighted by Gasteiger charge is -2.09. The van der Waals surface area contributed by atoms with Gasteiger partial charge in [-0.2, -0.15) is 5.26 Å². The van der Waals surface area contributed by atoms with Gasteiger partial charge in [-0.15, -0.1) is 0 Å². The lowest BCUT2D eigenvalue weighted by atomic mass is 10.1. The molecular weight excluding hydrogens is 360 g/mol. The van der Waals surface area contributed by atoms with E-state index in [-0.39, 0.29) is 16.5 Å². The van der Waals surface area contributed by atoms with Crippen LogP contribution >= 0.6 is 27.5 Å². The van der Waals surface area contributed by atoms with Crippen molar-refractivity contribution in [3.8, 4) is 17.6 Å². The molecule has 0 unspecified atom stereocenters. The van der Waals surface area contributed by atoms with Crippen molar-refractivity contribution in [3.05, 3.63) is 62.7 Å². The summed E-state index contributed by atoms with van der Waals surface area (Å²) in [5, 5.41) is 20.8. The van der Waals surface area contributed by atoms with Gasteiger partial charge in [0.2, 0.25) is 0 Å². The normalized spacial score (nSPS) is 9.95. The van der Waals surface area contributed by atoms with Crippen LogP contribution in [0.5, 0.6) is 11.5 Å². The summed E-state index contributed by atoms with van der Waals surface area (Å²) in [6.07, 6.45) is 0. The first kappa shape index (κ1) is 15.3. The van der Waals surface area contributed by atoms with Crippen LogP contribution in [0.1, 0.15) is 11.1 Å². The molecule has 0 fully saturated rings. The van der Waals surface area contributed by atoms with E-state index in [1.54, 1.807) is 18.2 Å². The zero-order chi connectivity index (χ0) is 15.4. The Bertz CT molecular complexity index is 743. The molecule has 0 aliphatic carbocycles. The fourth-order valence-electron chi connectivity index (χ4n) is 1.64. The SMILES string of the molecule is N#Cc1cc(CBr)ccc1Oc1cc([N+](=O)[O-])ccc1Cl. The van der Waals surface area contributed by atoms with Gasteiger partial charge in [0.1, 0.15) is 11.8 Å². The summed E-state index contributed by atoms with van der Waals surface area (Å²) in [4.78, 5) is 10.2. The van der Waals surface area contributed by atoms with Gasteiger partial charge in [-0.05, 0) is 23.8 Å². The van der Waals surface area contributed by atoms with Crippen LogP contribution in [0.4, 0.5) is 5.69 Å². The number of alkyl halides is 1. The Hall–Kier alpha value is -2.10. The van der Waals surface area contributed by atoms with Gasteiger partial charge < -0.3 is 4.74 Å². The van der Waals surface area contributed by atoms with Gasteiger partial charge in [0, 0.05) is 11.4 Å². The van der Waals surface area contributed by atoms with Gasteiger partial charge in [-0.25, -0.2) is 0 Å². The quantitative estimate of drug-likeness (QED) is 0.441. The molecule has 0 spiro atoms. The number of nitro benzene ring substituents is 1. The zero-order valence-corrected chi connectivity index (χ0v) is 12.9. The molecule has 21 heavy (non-hydrogen) atoms. The molecule has 0 N–H and O–H groups in total. The van der Waals surface area contributed by atoms with Crippen LogP contribution in [-0.4, -0.2) is 4.92 Å². The Kier molecular flexibility index (Phi) is 4.78. The second-order valence-electron chi connectivity index (χ2n) is 4.05. The second kappa shape index (κ2) is 6.57. The average molecular weight is 368 g/mol. The third-order valence-corrected chi connectivity index (χ3v) is 3.62. The maximum absolute atomic E-state index is 10.8. The first-order valence-corrected chi connectivity index (χ1v) is 7.26. The molecule has 0 atom stereocenters. The standard InChI is InChI=1S/C14H8BrClN2O3/c15-7-9-1-4-13(10(5-9)8-17)21-14-6-11(18(19)20)2-3-12(14)16/h1-6H,7H2. The van der Waals surface area contributed by atoms with E-state index in [1.165, 1.54) is 18.2 Å². The minimum atomic E-state index is -0.539. The molecule has 0 amide bonds. The summed E-state index contributed by atoms with van der Waals surface area (Å²) >= 11 is 9.27. The van der Waals surface area contributed by atoms with Crippen LogP contribution in [0.15, 0.2) is 36.4 Å². The Labute approximate surface area is 134 Å². The van der Waals surface area contributed by atoms with Crippen molar-refractivity contribution in [2.75, 3.05) is 0 Å². The van der Waals surface area contributed by atoms with E-state index in [1.807, 2.05) is 6.07 Å². The van der Waals surface area contributed by atoms with Crippen LogP contribution in [0.2, 0.25) is 5.02 Å². The van der Waals surface area contributed by atoms with Gasteiger partial charge in [-0.3, -0.25) is 10.1 Å². The Morgan fingerprint density at radius 3 is 2.67 bits per heavy atom. The molecule has 0 aliphatic heterocycles. The highest BCUT2D eigenvalue weighted by Crippen LogP contribution is 2.34. The Morgan fingerprint density at radius 1 is 1.29 bits per heavy atom. The number of non-ortho nitro benzene ring substituents is 1. The van der Waals surface area contributed by atoms with Crippen molar-refractivity contribution in [2.45, 2.75) is 5.33 Å². The highest BCUT2D eigenvalue weighted by Gasteiger charge is 2.13. The van der Waals surface area contributed by atoms with E-state index >= 15 is 0 Å². The number of ether oxygens (including phenoxy) is 1. The number of nitrogens with zero attached hydrogens (tertiary/aromatic N) is 2. The summed E-state index contributed by atoms with van der Waals surface area (Å²) in [6.45, 7) is 0. The fourth-order valence-corrected chi connectivity index (χ4v) is 2.14. The first-order chi connectivity index (χ1) is 10.0. The van der Waals surface area contributed by atoms with Crippen LogP contribution in [0, 0.1) is 21.4 Å². The van der Waals surface area contributed by atoms with Crippen molar-refractivity contribution in [1.82, 2.24) is 0 Å². The highest BCUT2D eigenvalue weighted by molar-refractivity contribution is 9.08. The van der Waals surface area contributed by atoms with Gasteiger partial charge in [0.25, 0.3) is 5.69 Å². The van der Waals surface area contributed by atoms with Crippen molar-refractivity contribution in [1.29, 1.82) is 5.26 Å². The lowest BCUT2D eigenvalue weighted by Crippen LogP contribution is -1.93. The number of nitriles is 1. The highest BCUT2D eigenvalue weighted by atomic mass is 79.9. The summed E-state index contributed by atoms with van der Waals surface area (Å²) in [5.41, 5.74) is 1.11. The second-order valence-corrected chi connectivity index (χ2v) is 5.02. The van der Waals surface area contributed by atoms with E-state index in [2.05, 4.69) is 15.9 Å². The monoisotopic (exact) mass is 366 g/mol. The minimum Gasteiger partial charge on any atom is -0.454 e. The van der Waals surface area contributed by atoms with Crippen LogP contribution in [0.3, 0.4) is 0 Å². The molecule has 0 aliphatic rings. The predicted molar refractivity (Wildman–Crippen MR) is 82.0 cm³/mol. The smallest absolute Gasteiger partial charge is 0.273 e. The molecule has 2 rings (SSSR count). The molecule has 7 heteroatoms. The summed E-state index contributed by atoms with van der Waals surface area (Å²) in [7, 11) is 0. The molecule has 0 radical (unpaired) electrons. The lowest BCUT2D eigenvalue weighted by molar-refractivity contribution is -0.384. The largest absolute Gasteiger partial charge is 0.454 e. The Morgan fingerprint density at radius 2 is 2.05 bits per heavy atom. The molecule has 0 heterocycles. The number of rotatable bonds is 4. The van der Waals surface area contributed by atoms with Crippen molar-refractivity contribution in [3.63, 3.8) is 0 Å². The number of benzene rings is 2. The molecule has 106 valence electrons. The van der Waals surface area contributed by atoms with E-state index in [9.17, 15) is 10.1 Å². The summed E-state index contributed by atoms with van der Waals surface area (Å²) < 4.78 is 5.55. The number of hydrogen-bond acceptors (Lipinski definition) is 4. The van der Waals surface area contributed by atoms with Gasteiger partial charge in [0.05, 0.1) is 21.6 Å². The van der Waals surface area contributed by atoms with Crippen LogP contribution in [-0.2, 0) is 5.33 Å². The summed E-state index contributed by atoms with van der Waals surface area (Å²) in [6, 6.07) is 11.0. The van der Waals surface area contributed by atoms with Crippen LogP contribution < -0.4 is 4.74 Å². The van der Waals surface area contributed by atoms with Gasteiger partial charge >= 0.3 is 0 Å². The third kappa shape index (κ3) is 3.51. The predicted octanol–water partition coefficient (Wildman–Crippen LogP) is 4.81. The van der Waals surface area contributed by atoms with E-state index in [0.717, 1.165) is 5.56 Å². The third-order valence-electron chi connectivity index (χ3n) is 2.66. The Balaban J connectivity index is 2.40. The van der Waals surface area contributed by atoms with Crippen LogP contribution in [0.25, 0.3) is 0 Å². The fraction of sp³-hybridized carbons (Fsp3) is 0.0714. The first-order valence-electron chi connectivity index (χ1n) is 5.76. The van der Waals surface area contributed by atoms with Crippen molar-refractivity contribution >= 4 is 33.2 Å².